The van der Waals surface area contributed by atoms with Crippen LogP contribution in [0.1, 0.15) is 18.9 Å². The van der Waals surface area contributed by atoms with E-state index in [0.29, 0.717) is 13.0 Å². The molecule has 0 aliphatic carbocycles. The van der Waals surface area contributed by atoms with Gasteiger partial charge in [0.25, 0.3) is 0 Å². The molecule has 2 heterocycles. The van der Waals surface area contributed by atoms with Crippen LogP contribution in [-0.2, 0) is 16.0 Å². The number of rotatable bonds is 7. The summed E-state index contributed by atoms with van der Waals surface area (Å²) in [5, 5.41) is 3.05. The number of hydrogen-bond donors (Lipinski definition) is 1. The molecule has 0 unspecified atom stereocenters. The molecule has 2 aromatic rings. The molecule has 7 heteroatoms. The first-order chi connectivity index (χ1) is 15.6. The zero-order valence-electron chi connectivity index (χ0n) is 18.9. The fourth-order valence-electron chi connectivity index (χ4n) is 4.64. The van der Waals surface area contributed by atoms with Gasteiger partial charge in [0.05, 0.1) is 7.11 Å². The lowest BCUT2D eigenvalue weighted by molar-refractivity contribution is -0.125. The van der Waals surface area contributed by atoms with Gasteiger partial charge in [0.2, 0.25) is 11.8 Å². The molecule has 170 valence electrons. The molecule has 0 radical (unpaired) electrons. The monoisotopic (exact) mass is 436 g/mol. The van der Waals surface area contributed by atoms with Gasteiger partial charge in [-0.25, -0.2) is 0 Å². The lowest BCUT2D eigenvalue weighted by Gasteiger charge is -2.36. The molecule has 4 rings (SSSR count). The van der Waals surface area contributed by atoms with Gasteiger partial charge in [0.1, 0.15) is 11.8 Å². The molecule has 0 aromatic heterocycles. The van der Waals surface area contributed by atoms with Crippen LogP contribution in [0, 0.1) is 0 Å². The highest BCUT2D eigenvalue weighted by atomic mass is 16.5. The van der Waals surface area contributed by atoms with Crippen LogP contribution in [0.15, 0.2) is 48.5 Å². The molecule has 2 aliphatic rings. The highest BCUT2D eigenvalue weighted by Crippen LogP contribution is 2.32. The topological polar surface area (TPSA) is 65.1 Å². The average molecular weight is 437 g/mol. The summed E-state index contributed by atoms with van der Waals surface area (Å²) >= 11 is 0. The number of amides is 2. The maximum atomic E-state index is 12.8. The lowest BCUT2D eigenvalue weighted by Crippen LogP contribution is -2.48. The quantitative estimate of drug-likeness (QED) is 0.675. The van der Waals surface area contributed by atoms with Crippen molar-refractivity contribution in [2.24, 2.45) is 0 Å². The van der Waals surface area contributed by atoms with Crippen molar-refractivity contribution in [3.8, 4) is 5.75 Å². The molecule has 2 amide bonds. The number of benzene rings is 2. The summed E-state index contributed by atoms with van der Waals surface area (Å²) in [5.74, 6) is 0.716. The van der Waals surface area contributed by atoms with E-state index in [1.807, 2.05) is 36.4 Å². The van der Waals surface area contributed by atoms with Crippen LogP contribution in [-0.4, -0.2) is 69.1 Å². The number of fused-ring (bicyclic) bond motifs is 1. The zero-order chi connectivity index (χ0) is 22.5. The van der Waals surface area contributed by atoms with E-state index in [-0.39, 0.29) is 11.8 Å². The number of nitrogens with one attached hydrogen (secondary N) is 1. The van der Waals surface area contributed by atoms with Crippen molar-refractivity contribution < 1.29 is 14.3 Å². The van der Waals surface area contributed by atoms with Crippen molar-refractivity contribution in [1.82, 2.24) is 10.2 Å². The molecule has 1 fully saturated rings. The summed E-state index contributed by atoms with van der Waals surface area (Å²) in [5.41, 5.74) is 3.14. The second kappa shape index (κ2) is 10.0. The molecule has 32 heavy (non-hydrogen) atoms. The molecule has 2 aliphatic heterocycles. The number of hydrogen-bond acceptors (Lipinski definition) is 5. The summed E-state index contributed by atoms with van der Waals surface area (Å²) in [6, 6.07) is 15.5. The number of anilines is 2. The lowest BCUT2D eigenvalue weighted by atomic mass is 10.1. The third kappa shape index (κ3) is 4.88. The van der Waals surface area contributed by atoms with Crippen LogP contribution in [0.2, 0.25) is 0 Å². The van der Waals surface area contributed by atoms with E-state index in [1.165, 1.54) is 12.6 Å². The minimum absolute atomic E-state index is 0.0688. The molecule has 1 N–H and O–H groups in total. The first-order valence-electron chi connectivity index (χ1n) is 11.3. The van der Waals surface area contributed by atoms with Crippen LogP contribution in [0.5, 0.6) is 5.75 Å². The number of nitrogens with zero attached hydrogens (tertiary/aromatic N) is 3. The fourth-order valence-corrected chi connectivity index (χ4v) is 4.64. The van der Waals surface area contributed by atoms with Crippen molar-refractivity contribution >= 4 is 23.2 Å². The van der Waals surface area contributed by atoms with E-state index in [2.05, 4.69) is 27.2 Å². The third-order valence-corrected chi connectivity index (χ3v) is 6.38. The molecule has 1 saturated heterocycles. The van der Waals surface area contributed by atoms with Gasteiger partial charge in [-0.2, -0.15) is 0 Å². The van der Waals surface area contributed by atoms with Crippen molar-refractivity contribution in [1.29, 1.82) is 0 Å². The standard InChI is InChI=1S/C25H32N4O3/c1-19(30)29-23-7-4-3-6-20(23)18-24(29)25(31)26-12-5-13-27-14-16-28(17-15-27)21-8-10-22(32-2)11-9-21/h3-4,6-11,24H,5,12-18H2,1-2H3,(H,26,31)/t24-/m1/s1. The highest BCUT2D eigenvalue weighted by Gasteiger charge is 2.36. The summed E-state index contributed by atoms with van der Waals surface area (Å²) in [6.45, 7) is 7.10. The van der Waals surface area contributed by atoms with Gasteiger partial charge in [0.15, 0.2) is 0 Å². The normalized spacial score (nSPS) is 18.4. The van der Waals surface area contributed by atoms with Crippen molar-refractivity contribution in [2.75, 3.05) is 56.2 Å². The van der Waals surface area contributed by atoms with Crippen LogP contribution in [0.3, 0.4) is 0 Å². The van der Waals surface area contributed by atoms with E-state index in [0.717, 1.165) is 56.1 Å². The smallest absolute Gasteiger partial charge is 0.243 e. The predicted octanol–water partition coefficient (Wildman–Crippen LogP) is 2.30. The number of carbonyl (C=O) groups is 2. The van der Waals surface area contributed by atoms with Crippen LogP contribution < -0.4 is 19.9 Å². The molecule has 7 nitrogen and oxygen atoms in total. The summed E-state index contributed by atoms with van der Waals surface area (Å²) < 4.78 is 5.24. The van der Waals surface area contributed by atoms with Gasteiger partial charge < -0.3 is 15.0 Å². The van der Waals surface area contributed by atoms with E-state index in [1.54, 1.807) is 12.0 Å². The highest BCUT2D eigenvalue weighted by molar-refractivity contribution is 6.02. The summed E-state index contributed by atoms with van der Waals surface area (Å²) in [4.78, 5) is 31.4. The Balaban J connectivity index is 1.19. The van der Waals surface area contributed by atoms with Gasteiger partial charge in [-0.1, -0.05) is 18.2 Å². The molecule has 0 spiro atoms. The fraction of sp³-hybridized carbons (Fsp3) is 0.440. The van der Waals surface area contributed by atoms with E-state index in [4.69, 9.17) is 4.74 Å². The minimum atomic E-state index is -0.446. The van der Waals surface area contributed by atoms with E-state index in [9.17, 15) is 9.59 Å². The Labute approximate surface area is 189 Å². The second-order valence-corrected chi connectivity index (χ2v) is 8.41. The minimum Gasteiger partial charge on any atom is -0.497 e. The Kier molecular flexibility index (Phi) is 6.95. The first-order valence-corrected chi connectivity index (χ1v) is 11.3. The van der Waals surface area contributed by atoms with Crippen molar-refractivity contribution in [2.45, 2.75) is 25.8 Å². The molecule has 0 saturated carbocycles. The Morgan fingerprint density at radius 2 is 1.75 bits per heavy atom. The van der Waals surface area contributed by atoms with Gasteiger partial charge in [-0.15, -0.1) is 0 Å². The van der Waals surface area contributed by atoms with Crippen LogP contribution in [0.4, 0.5) is 11.4 Å². The number of ether oxygens (including phenoxy) is 1. The van der Waals surface area contributed by atoms with E-state index < -0.39 is 6.04 Å². The Hall–Kier alpha value is -3.06. The SMILES string of the molecule is COc1ccc(N2CCN(CCCNC(=O)[C@H]3Cc4ccccc4N3C(C)=O)CC2)cc1. The molecule has 2 aromatic carbocycles. The van der Waals surface area contributed by atoms with Crippen molar-refractivity contribution in [3.05, 3.63) is 54.1 Å². The number of methoxy groups -OCH3 is 1. The number of piperazine rings is 1. The van der Waals surface area contributed by atoms with Gasteiger partial charge in [0, 0.05) is 57.4 Å². The van der Waals surface area contributed by atoms with Gasteiger partial charge in [-0.05, 0) is 48.9 Å². The molecular weight excluding hydrogens is 404 g/mol. The second-order valence-electron chi connectivity index (χ2n) is 8.41. The number of para-hydroxylation sites is 1. The van der Waals surface area contributed by atoms with Crippen LogP contribution in [0.25, 0.3) is 0 Å². The molecule has 1 atom stereocenters. The Bertz CT molecular complexity index is 938. The van der Waals surface area contributed by atoms with Crippen LogP contribution >= 0.6 is 0 Å². The Morgan fingerprint density at radius 3 is 2.44 bits per heavy atom. The maximum Gasteiger partial charge on any atom is 0.243 e. The van der Waals surface area contributed by atoms with E-state index >= 15 is 0 Å². The first kappa shape index (κ1) is 22.1. The van der Waals surface area contributed by atoms with Gasteiger partial charge in [-0.3, -0.25) is 19.4 Å². The maximum absolute atomic E-state index is 12.8. The average Bonchev–Trinajstić information content (AvgIpc) is 3.22. The summed E-state index contributed by atoms with van der Waals surface area (Å²) in [6.07, 6.45) is 1.48. The largest absolute Gasteiger partial charge is 0.497 e. The summed E-state index contributed by atoms with van der Waals surface area (Å²) in [7, 11) is 1.68. The number of carbonyl (C=O) groups excluding carboxylic acids is 2. The molecular formula is C25H32N4O3. The van der Waals surface area contributed by atoms with Gasteiger partial charge >= 0.3 is 0 Å². The Morgan fingerprint density at radius 1 is 1.03 bits per heavy atom. The van der Waals surface area contributed by atoms with Crippen molar-refractivity contribution in [3.63, 3.8) is 0 Å². The predicted molar refractivity (Wildman–Crippen MR) is 126 cm³/mol. The zero-order valence-corrected chi connectivity index (χ0v) is 18.9. The molecule has 0 bridgehead atoms. The third-order valence-electron chi connectivity index (χ3n) is 6.38.